The molecule has 0 unspecified atom stereocenters. The third-order valence-corrected chi connectivity index (χ3v) is 4.27. The number of aromatic nitrogens is 2. The number of imide groups is 1. The molecule has 2 heterocycles. The van der Waals surface area contributed by atoms with Gasteiger partial charge in [-0.2, -0.15) is 0 Å². The van der Waals surface area contributed by atoms with E-state index in [0.717, 1.165) is 31.2 Å². The third kappa shape index (κ3) is 3.04. The Kier molecular flexibility index (Phi) is 3.86. The Balaban J connectivity index is 1.54. The van der Waals surface area contributed by atoms with E-state index in [1.165, 1.54) is 4.90 Å². The van der Waals surface area contributed by atoms with Gasteiger partial charge in [-0.25, -0.2) is 9.97 Å². The molecular weight excluding hydrogens is 268 g/mol. The van der Waals surface area contributed by atoms with Crippen molar-refractivity contribution in [3.63, 3.8) is 0 Å². The molecule has 1 aliphatic heterocycles. The van der Waals surface area contributed by atoms with Crippen LogP contribution in [0.5, 0.6) is 0 Å². The monoisotopic (exact) mass is 288 g/mol. The maximum atomic E-state index is 11.8. The van der Waals surface area contributed by atoms with Gasteiger partial charge in [0.1, 0.15) is 0 Å². The molecule has 112 valence electrons. The molecule has 21 heavy (non-hydrogen) atoms. The molecule has 0 bridgehead atoms. The van der Waals surface area contributed by atoms with Gasteiger partial charge in [-0.15, -0.1) is 0 Å². The zero-order chi connectivity index (χ0) is 14.8. The lowest BCUT2D eigenvalue weighted by atomic mass is 9.90. The van der Waals surface area contributed by atoms with E-state index in [-0.39, 0.29) is 17.9 Å². The van der Waals surface area contributed by atoms with Crippen LogP contribution in [-0.4, -0.2) is 38.8 Å². The largest absolute Gasteiger partial charge is 0.351 e. The number of aryl methyl sites for hydroxylation is 1. The molecule has 6 nitrogen and oxygen atoms in total. The van der Waals surface area contributed by atoms with Crippen LogP contribution in [0.25, 0.3) is 0 Å². The van der Waals surface area contributed by atoms with Crippen molar-refractivity contribution in [3.8, 4) is 0 Å². The number of carbonyl (C=O) groups excluding carboxylic acids is 2. The molecule has 1 aromatic rings. The Bertz CT molecular complexity index is 519. The molecular formula is C15H20N4O2. The quantitative estimate of drug-likeness (QED) is 0.856. The first-order chi connectivity index (χ1) is 10.1. The predicted molar refractivity (Wildman–Crippen MR) is 77.5 cm³/mol. The molecule has 6 heteroatoms. The van der Waals surface area contributed by atoms with Crippen molar-refractivity contribution in [2.45, 2.75) is 57.5 Å². The molecule has 1 N–H and O–H groups in total. The Hall–Kier alpha value is -1.98. The van der Waals surface area contributed by atoms with Crippen molar-refractivity contribution in [1.82, 2.24) is 14.9 Å². The van der Waals surface area contributed by atoms with E-state index in [1.54, 1.807) is 12.4 Å². The van der Waals surface area contributed by atoms with Gasteiger partial charge in [0, 0.05) is 37.3 Å². The summed E-state index contributed by atoms with van der Waals surface area (Å²) in [5.41, 5.74) is 1.04. The van der Waals surface area contributed by atoms with E-state index in [4.69, 9.17) is 0 Å². The first-order valence-corrected chi connectivity index (χ1v) is 7.53. The van der Waals surface area contributed by atoms with E-state index >= 15 is 0 Å². The fourth-order valence-electron chi connectivity index (χ4n) is 3.13. The summed E-state index contributed by atoms with van der Waals surface area (Å²) in [7, 11) is 0. The third-order valence-electron chi connectivity index (χ3n) is 4.27. The van der Waals surface area contributed by atoms with Crippen molar-refractivity contribution >= 4 is 17.8 Å². The van der Waals surface area contributed by atoms with Gasteiger partial charge in [0.25, 0.3) is 0 Å². The summed E-state index contributed by atoms with van der Waals surface area (Å²) in [5.74, 6) is 0.647. The van der Waals surface area contributed by atoms with Gasteiger partial charge in [0.15, 0.2) is 0 Å². The zero-order valence-corrected chi connectivity index (χ0v) is 12.2. The summed E-state index contributed by atoms with van der Waals surface area (Å²) in [4.78, 5) is 33.5. The molecule has 3 rings (SSSR count). The predicted octanol–water partition coefficient (Wildman–Crippen LogP) is 1.66. The van der Waals surface area contributed by atoms with Crippen molar-refractivity contribution in [2.75, 3.05) is 5.32 Å². The number of nitrogens with zero attached hydrogens (tertiary/aromatic N) is 3. The van der Waals surface area contributed by atoms with Crippen molar-refractivity contribution < 1.29 is 9.59 Å². The van der Waals surface area contributed by atoms with Crippen LogP contribution in [0.1, 0.15) is 44.1 Å². The Morgan fingerprint density at radius 3 is 2.19 bits per heavy atom. The summed E-state index contributed by atoms with van der Waals surface area (Å²) in [5, 5.41) is 3.33. The molecule has 2 amide bonds. The molecule has 0 spiro atoms. The lowest BCUT2D eigenvalue weighted by molar-refractivity contribution is -0.141. The van der Waals surface area contributed by atoms with E-state index < -0.39 is 0 Å². The molecule has 1 saturated heterocycles. The minimum absolute atomic E-state index is 0.00160. The number of amides is 2. The summed E-state index contributed by atoms with van der Waals surface area (Å²) in [6.07, 6.45) is 7.94. The van der Waals surface area contributed by atoms with Gasteiger partial charge >= 0.3 is 0 Å². The minimum Gasteiger partial charge on any atom is -0.351 e. The number of carbonyl (C=O) groups is 2. The van der Waals surface area contributed by atoms with Gasteiger partial charge in [0.05, 0.1) is 0 Å². The lowest BCUT2D eigenvalue weighted by Gasteiger charge is -2.33. The van der Waals surface area contributed by atoms with Crippen molar-refractivity contribution in [3.05, 3.63) is 18.0 Å². The van der Waals surface area contributed by atoms with E-state index in [9.17, 15) is 9.59 Å². The van der Waals surface area contributed by atoms with Gasteiger partial charge in [-0.05, 0) is 38.2 Å². The lowest BCUT2D eigenvalue weighted by Crippen LogP contribution is -2.43. The number of likely N-dealkylation sites (tertiary alicyclic amines) is 1. The molecule has 1 aromatic heterocycles. The number of rotatable bonds is 3. The fourth-order valence-corrected chi connectivity index (χ4v) is 3.13. The molecule has 0 aromatic carbocycles. The average molecular weight is 288 g/mol. The number of hydrogen-bond acceptors (Lipinski definition) is 5. The fraction of sp³-hybridized carbons (Fsp3) is 0.600. The second-order valence-electron chi connectivity index (χ2n) is 5.89. The molecule has 1 saturated carbocycles. The van der Waals surface area contributed by atoms with E-state index in [1.807, 2.05) is 6.92 Å². The normalized spacial score (nSPS) is 26.2. The van der Waals surface area contributed by atoms with Crippen molar-refractivity contribution in [1.29, 1.82) is 0 Å². The van der Waals surface area contributed by atoms with Gasteiger partial charge in [-0.3, -0.25) is 14.5 Å². The zero-order valence-electron chi connectivity index (χ0n) is 12.2. The highest BCUT2D eigenvalue weighted by molar-refractivity contribution is 6.02. The van der Waals surface area contributed by atoms with E-state index in [2.05, 4.69) is 15.3 Å². The van der Waals surface area contributed by atoms with Crippen LogP contribution >= 0.6 is 0 Å². The maximum absolute atomic E-state index is 11.8. The Morgan fingerprint density at radius 1 is 1.05 bits per heavy atom. The highest BCUT2D eigenvalue weighted by atomic mass is 16.2. The standard InChI is InChI=1S/C15H20N4O2/c1-10-8-16-15(17-9-10)18-11-2-4-12(5-3-11)19-13(20)6-7-14(19)21/h8-9,11-12H,2-7H2,1H3,(H,16,17,18). The molecule has 0 atom stereocenters. The molecule has 0 radical (unpaired) electrons. The average Bonchev–Trinajstić information content (AvgIpc) is 2.82. The number of nitrogens with one attached hydrogen (secondary N) is 1. The van der Waals surface area contributed by atoms with Crippen LogP contribution in [0.15, 0.2) is 12.4 Å². The van der Waals surface area contributed by atoms with Crippen LogP contribution in [0.3, 0.4) is 0 Å². The summed E-state index contributed by atoms with van der Waals surface area (Å²) < 4.78 is 0. The second kappa shape index (κ2) is 5.79. The Labute approximate surface area is 124 Å². The van der Waals surface area contributed by atoms with Crippen LogP contribution in [0.4, 0.5) is 5.95 Å². The summed E-state index contributed by atoms with van der Waals surface area (Å²) in [6, 6.07) is 0.404. The number of anilines is 1. The smallest absolute Gasteiger partial charge is 0.229 e. The topological polar surface area (TPSA) is 75.2 Å². The van der Waals surface area contributed by atoms with Gasteiger partial charge < -0.3 is 5.32 Å². The molecule has 2 aliphatic rings. The van der Waals surface area contributed by atoms with Crippen LogP contribution < -0.4 is 5.32 Å². The molecule has 2 fully saturated rings. The maximum Gasteiger partial charge on any atom is 0.229 e. The first-order valence-electron chi connectivity index (χ1n) is 7.53. The van der Waals surface area contributed by atoms with Crippen LogP contribution in [0.2, 0.25) is 0 Å². The van der Waals surface area contributed by atoms with E-state index in [0.29, 0.717) is 24.8 Å². The van der Waals surface area contributed by atoms with Crippen LogP contribution in [0, 0.1) is 6.92 Å². The number of hydrogen-bond donors (Lipinski definition) is 1. The minimum atomic E-state index is -0.00160. The molecule has 1 aliphatic carbocycles. The van der Waals surface area contributed by atoms with Crippen LogP contribution in [-0.2, 0) is 9.59 Å². The Morgan fingerprint density at radius 2 is 1.62 bits per heavy atom. The second-order valence-corrected chi connectivity index (χ2v) is 5.89. The van der Waals surface area contributed by atoms with Gasteiger partial charge in [-0.1, -0.05) is 0 Å². The first kappa shape index (κ1) is 14.0. The SMILES string of the molecule is Cc1cnc(NC2CCC(N3C(=O)CCC3=O)CC2)nc1. The van der Waals surface area contributed by atoms with Gasteiger partial charge in [0.2, 0.25) is 17.8 Å². The summed E-state index contributed by atoms with van der Waals surface area (Å²) >= 11 is 0. The highest BCUT2D eigenvalue weighted by Crippen LogP contribution is 2.28. The highest BCUT2D eigenvalue weighted by Gasteiger charge is 2.36. The van der Waals surface area contributed by atoms with Crippen molar-refractivity contribution in [2.24, 2.45) is 0 Å². The summed E-state index contributed by atoms with van der Waals surface area (Å²) in [6.45, 7) is 1.96.